The topological polar surface area (TPSA) is 110 Å². The summed E-state index contributed by atoms with van der Waals surface area (Å²) in [5.74, 6) is 0.160. The summed E-state index contributed by atoms with van der Waals surface area (Å²) in [6, 6.07) is 20.0. The molecule has 10 nitrogen and oxygen atoms in total. The molecule has 0 radical (unpaired) electrons. The number of methoxy groups -OCH3 is 1. The van der Waals surface area contributed by atoms with E-state index in [9.17, 15) is 14.4 Å². The molecule has 0 fully saturated rings. The summed E-state index contributed by atoms with van der Waals surface area (Å²) in [5, 5.41) is 0.979. The summed E-state index contributed by atoms with van der Waals surface area (Å²) in [6.07, 6.45) is 3.83. The number of aromatic nitrogens is 2. The Balaban J connectivity index is 1.45. The fourth-order valence-electron chi connectivity index (χ4n) is 6.13. The van der Waals surface area contributed by atoms with Crippen molar-refractivity contribution in [2.45, 2.75) is 53.3 Å². The van der Waals surface area contributed by atoms with Crippen LogP contribution in [0.3, 0.4) is 0 Å². The molecule has 0 aliphatic carbocycles. The number of rotatable bonds is 11. The van der Waals surface area contributed by atoms with Crippen LogP contribution in [0.5, 0.6) is 11.5 Å². The van der Waals surface area contributed by atoms with Crippen LogP contribution in [0, 0.1) is 0 Å². The Morgan fingerprint density at radius 1 is 0.960 bits per heavy atom. The molecule has 0 bridgehead atoms. The highest BCUT2D eigenvalue weighted by molar-refractivity contribution is 7.07. The Bertz CT molecular complexity index is 2290. The van der Waals surface area contributed by atoms with Gasteiger partial charge in [-0.25, -0.2) is 14.6 Å². The minimum absolute atomic E-state index is 0.0764. The van der Waals surface area contributed by atoms with Crippen molar-refractivity contribution in [3.63, 3.8) is 0 Å². The van der Waals surface area contributed by atoms with Gasteiger partial charge in [0.15, 0.2) is 16.3 Å². The van der Waals surface area contributed by atoms with Gasteiger partial charge in [0, 0.05) is 29.2 Å². The van der Waals surface area contributed by atoms with E-state index in [0.717, 1.165) is 22.0 Å². The number of carbonyl (C=O) groups is 2. The van der Waals surface area contributed by atoms with E-state index in [-0.39, 0.29) is 29.8 Å². The van der Waals surface area contributed by atoms with Crippen LogP contribution in [-0.2, 0) is 20.8 Å². The van der Waals surface area contributed by atoms with Gasteiger partial charge in [0.1, 0.15) is 0 Å². The predicted molar refractivity (Wildman–Crippen MR) is 193 cm³/mol. The highest BCUT2D eigenvalue weighted by Crippen LogP contribution is 2.36. The van der Waals surface area contributed by atoms with E-state index >= 15 is 0 Å². The van der Waals surface area contributed by atoms with E-state index < -0.39 is 12.0 Å². The van der Waals surface area contributed by atoms with E-state index in [0.29, 0.717) is 50.8 Å². The number of thiazole rings is 1. The molecule has 3 aromatic carbocycles. The molecular formula is C39H39N3O7S. The number of hydrogen-bond donors (Lipinski definition) is 0. The van der Waals surface area contributed by atoms with Crippen LogP contribution in [0.1, 0.15) is 67.7 Å². The molecule has 2 aromatic heterocycles. The van der Waals surface area contributed by atoms with Gasteiger partial charge in [-0.3, -0.25) is 9.36 Å². The van der Waals surface area contributed by atoms with Crippen molar-refractivity contribution in [1.82, 2.24) is 9.13 Å². The average molecular weight is 694 g/mol. The van der Waals surface area contributed by atoms with Gasteiger partial charge in [0.25, 0.3) is 5.56 Å². The van der Waals surface area contributed by atoms with Gasteiger partial charge in [-0.15, -0.1) is 0 Å². The monoisotopic (exact) mass is 693 g/mol. The summed E-state index contributed by atoms with van der Waals surface area (Å²) in [7, 11) is 1.56. The summed E-state index contributed by atoms with van der Waals surface area (Å²) in [5.41, 5.74) is 4.52. The van der Waals surface area contributed by atoms with Crippen LogP contribution < -0.4 is 24.4 Å². The van der Waals surface area contributed by atoms with Crippen molar-refractivity contribution in [2.75, 3.05) is 20.3 Å². The minimum atomic E-state index is -0.798. The molecule has 1 aliphatic heterocycles. The molecule has 0 spiro atoms. The standard InChI is InChI=1S/C39H39N3O7S/c1-7-47-37(44)26-15-13-25(14-16-26)21-41-22-28(29-11-9-10-12-30(29)41)20-33-36(43)42-35(27-17-18-31(49-23(3)4)32(19-27)46-6)34(38(45)48-8-2)24(5)40-39(42)50-33/h9-20,22-23,35H,7-8,21H2,1-6H3/b33-20+/t35-/m0/s1. The normalized spacial score (nSPS) is 14.5. The first kappa shape index (κ1) is 34.4. The lowest BCUT2D eigenvalue weighted by molar-refractivity contribution is -0.139. The van der Waals surface area contributed by atoms with Gasteiger partial charge >= 0.3 is 11.9 Å². The van der Waals surface area contributed by atoms with Crippen molar-refractivity contribution < 1.29 is 28.5 Å². The predicted octanol–water partition coefficient (Wildman–Crippen LogP) is 5.77. The average Bonchev–Trinajstić information content (AvgIpc) is 3.60. The third-order valence-corrected chi connectivity index (χ3v) is 9.29. The van der Waals surface area contributed by atoms with Gasteiger partial charge in [-0.1, -0.05) is 47.7 Å². The van der Waals surface area contributed by atoms with Gasteiger partial charge in [0.2, 0.25) is 0 Å². The molecular weight excluding hydrogens is 655 g/mol. The lowest BCUT2D eigenvalue weighted by atomic mass is 9.95. The molecule has 0 unspecified atom stereocenters. The second kappa shape index (κ2) is 14.6. The molecule has 1 aliphatic rings. The molecule has 258 valence electrons. The van der Waals surface area contributed by atoms with Gasteiger partial charge in [-0.2, -0.15) is 0 Å². The molecule has 11 heteroatoms. The molecule has 0 N–H and O–H groups in total. The molecule has 6 rings (SSSR count). The number of benzene rings is 3. The summed E-state index contributed by atoms with van der Waals surface area (Å²) in [6.45, 7) is 10.2. The zero-order chi connectivity index (χ0) is 35.5. The van der Waals surface area contributed by atoms with E-state index in [1.54, 1.807) is 56.7 Å². The fourth-order valence-corrected chi connectivity index (χ4v) is 7.17. The van der Waals surface area contributed by atoms with E-state index in [1.807, 2.05) is 68.6 Å². The molecule has 5 aromatic rings. The molecule has 50 heavy (non-hydrogen) atoms. The SMILES string of the molecule is CCOC(=O)C1=C(C)N=c2s/c(=C/c3cn(Cc4ccc(C(=O)OCC)cc4)c4ccccc34)c(=O)n2[C@H]1c1ccc(OC(C)C)c(OC)c1. The third-order valence-electron chi connectivity index (χ3n) is 8.31. The van der Waals surface area contributed by atoms with Gasteiger partial charge in [0.05, 0.1) is 53.8 Å². The maximum Gasteiger partial charge on any atom is 0.338 e. The second-order valence-corrected chi connectivity index (χ2v) is 13.0. The first-order valence-electron chi connectivity index (χ1n) is 16.5. The van der Waals surface area contributed by atoms with Crippen LogP contribution in [0.2, 0.25) is 0 Å². The minimum Gasteiger partial charge on any atom is -0.493 e. The number of nitrogens with zero attached hydrogens (tertiary/aromatic N) is 3. The smallest absolute Gasteiger partial charge is 0.338 e. The quantitative estimate of drug-likeness (QED) is 0.162. The van der Waals surface area contributed by atoms with Crippen molar-refractivity contribution in [2.24, 2.45) is 4.99 Å². The molecule has 3 heterocycles. The summed E-state index contributed by atoms with van der Waals surface area (Å²) in [4.78, 5) is 45.1. The Labute approximate surface area is 293 Å². The Morgan fingerprint density at radius 3 is 2.38 bits per heavy atom. The first-order valence-corrected chi connectivity index (χ1v) is 17.3. The van der Waals surface area contributed by atoms with Crippen LogP contribution >= 0.6 is 11.3 Å². The lowest BCUT2D eigenvalue weighted by Crippen LogP contribution is -2.40. The number of carbonyl (C=O) groups excluding carboxylic acids is 2. The Hall–Kier alpha value is -5.42. The molecule has 1 atom stereocenters. The zero-order valence-electron chi connectivity index (χ0n) is 28.9. The van der Waals surface area contributed by atoms with Crippen molar-refractivity contribution in [3.05, 3.63) is 126 Å². The van der Waals surface area contributed by atoms with E-state index in [2.05, 4.69) is 4.57 Å². The van der Waals surface area contributed by atoms with Crippen LogP contribution in [-0.4, -0.2) is 47.5 Å². The van der Waals surface area contributed by atoms with Crippen LogP contribution in [0.25, 0.3) is 17.0 Å². The number of ether oxygens (including phenoxy) is 4. The highest BCUT2D eigenvalue weighted by atomic mass is 32.1. The van der Waals surface area contributed by atoms with E-state index in [4.69, 9.17) is 23.9 Å². The maximum absolute atomic E-state index is 14.4. The zero-order valence-corrected chi connectivity index (χ0v) is 29.7. The van der Waals surface area contributed by atoms with Gasteiger partial charge in [-0.05, 0) is 82.2 Å². The van der Waals surface area contributed by atoms with Crippen LogP contribution in [0.15, 0.2) is 94.0 Å². The molecule has 0 amide bonds. The highest BCUT2D eigenvalue weighted by Gasteiger charge is 2.34. The third kappa shape index (κ3) is 6.73. The largest absolute Gasteiger partial charge is 0.493 e. The van der Waals surface area contributed by atoms with Crippen molar-refractivity contribution >= 4 is 40.3 Å². The van der Waals surface area contributed by atoms with E-state index in [1.165, 1.54) is 11.3 Å². The number of hydrogen-bond acceptors (Lipinski definition) is 9. The van der Waals surface area contributed by atoms with Crippen molar-refractivity contribution in [3.8, 4) is 11.5 Å². The fraction of sp³-hybridized carbons (Fsp3) is 0.282. The number of para-hydroxylation sites is 1. The Morgan fingerprint density at radius 2 is 1.68 bits per heavy atom. The first-order chi connectivity index (χ1) is 24.1. The number of esters is 2. The molecule has 0 saturated carbocycles. The number of fused-ring (bicyclic) bond motifs is 2. The maximum atomic E-state index is 14.4. The molecule has 0 saturated heterocycles. The summed E-state index contributed by atoms with van der Waals surface area (Å²) < 4.78 is 26.3. The number of allylic oxidation sites excluding steroid dienone is 1. The van der Waals surface area contributed by atoms with Crippen molar-refractivity contribution in [1.29, 1.82) is 0 Å². The summed E-state index contributed by atoms with van der Waals surface area (Å²) >= 11 is 1.27. The van der Waals surface area contributed by atoms with Crippen LogP contribution in [0.4, 0.5) is 0 Å². The Kier molecular flexibility index (Phi) is 10.1. The lowest BCUT2D eigenvalue weighted by Gasteiger charge is -2.25. The van der Waals surface area contributed by atoms with Gasteiger partial charge < -0.3 is 23.5 Å². The second-order valence-electron chi connectivity index (χ2n) is 12.0.